The van der Waals surface area contributed by atoms with Gasteiger partial charge < -0.3 is 10.6 Å². The number of piperidine rings is 1. The van der Waals surface area contributed by atoms with Crippen molar-refractivity contribution in [3.63, 3.8) is 0 Å². The van der Waals surface area contributed by atoms with Crippen molar-refractivity contribution < 1.29 is 4.79 Å². The number of rotatable bonds is 4. The van der Waals surface area contributed by atoms with E-state index in [0.717, 1.165) is 32.4 Å². The number of hydrogen-bond acceptors (Lipinski definition) is 3. The first-order valence-corrected chi connectivity index (χ1v) is 7.23. The number of carbonyl (C=O) groups is 1. The minimum absolute atomic E-state index is 0.161. The number of hydrogen-bond donors (Lipinski definition) is 2. The third-order valence-electron chi connectivity index (χ3n) is 3.31. The zero-order valence-corrected chi connectivity index (χ0v) is 11.1. The average molecular weight is 252 g/mol. The van der Waals surface area contributed by atoms with E-state index >= 15 is 0 Å². The van der Waals surface area contributed by atoms with Gasteiger partial charge in [-0.25, -0.2) is 0 Å². The van der Waals surface area contributed by atoms with Gasteiger partial charge in [-0.15, -0.1) is 11.3 Å². The Labute approximate surface area is 107 Å². The molecule has 4 heteroatoms. The first-order chi connectivity index (χ1) is 8.31. The van der Waals surface area contributed by atoms with Gasteiger partial charge in [-0.3, -0.25) is 4.79 Å². The molecule has 17 heavy (non-hydrogen) atoms. The van der Waals surface area contributed by atoms with Gasteiger partial charge >= 0.3 is 0 Å². The van der Waals surface area contributed by atoms with E-state index in [1.54, 1.807) is 11.3 Å². The predicted octanol–water partition coefficient (Wildman–Crippen LogP) is 1.93. The highest BCUT2D eigenvalue weighted by molar-refractivity contribution is 7.10. The van der Waals surface area contributed by atoms with Crippen LogP contribution in [0.25, 0.3) is 0 Å². The van der Waals surface area contributed by atoms with Gasteiger partial charge in [0.05, 0.1) is 12.5 Å². The highest BCUT2D eigenvalue weighted by Gasteiger charge is 2.20. The molecule has 1 saturated heterocycles. The Morgan fingerprint density at radius 2 is 2.53 bits per heavy atom. The quantitative estimate of drug-likeness (QED) is 0.859. The molecule has 1 aliphatic rings. The summed E-state index contributed by atoms with van der Waals surface area (Å²) in [7, 11) is 0. The zero-order valence-electron chi connectivity index (χ0n) is 10.3. The van der Waals surface area contributed by atoms with Crippen LogP contribution in [0.1, 0.15) is 30.2 Å². The minimum Gasteiger partial charge on any atom is -0.351 e. The smallest absolute Gasteiger partial charge is 0.224 e. The largest absolute Gasteiger partial charge is 0.351 e. The number of aryl methyl sites for hydroxylation is 1. The minimum atomic E-state index is 0.161. The monoisotopic (exact) mass is 252 g/mol. The predicted molar refractivity (Wildman–Crippen MR) is 71.1 cm³/mol. The summed E-state index contributed by atoms with van der Waals surface area (Å²) in [5.41, 5.74) is 1.36. The van der Waals surface area contributed by atoms with E-state index < -0.39 is 0 Å². The Hall–Kier alpha value is -0.870. The van der Waals surface area contributed by atoms with Gasteiger partial charge in [0.2, 0.25) is 5.91 Å². The molecule has 1 fully saturated rings. The van der Waals surface area contributed by atoms with Gasteiger partial charge in [-0.1, -0.05) is 6.92 Å². The molecule has 1 amide bonds. The van der Waals surface area contributed by atoms with Crippen LogP contribution in [-0.2, 0) is 17.8 Å². The lowest BCUT2D eigenvalue weighted by Gasteiger charge is -2.21. The van der Waals surface area contributed by atoms with Crippen molar-refractivity contribution in [2.75, 3.05) is 13.1 Å². The molecule has 1 aromatic heterocycles. The number of thiophene rings is 1. The molecule has 1 aliphatic heterocycles. The number of carbonyl (C=O) groups excluding carboxylic acids is 1. The zero-order chi connectivity index (χ0) is 12.1. The molecule has 0 unspecified atom stereocenters. The lowest BCUT2D eigenvalue weighted by Crippen LogP contribution is -2.40. The van der Waals surface area contributed by atoms with E-state index in [4.69, 9.17) is 0 Å². The molecular formula is C13H20N2OS. The van der Waals surface area contributed by atoms with Crippen molar-refractivity contribution in [1.29, 1.82) is 0 Å². The number of amides is 1. The molecule has 0 radical (unpaired) electrons. The second kappa shape index (κ2) is 6.17. The molecule has 3 nitrogen and oxygen atoms in total. The van der Waals surface area contributed by atoms with Crippen LogP contribution in [-0.4, -0.2) is 19.0 Å². The van der Waals surface area contributed by atoms with Crippen molar-refractivity contribution in [3.05, 3.63) is 21.9 Å². The Morgan fingerprint density at radius 1 is 1.65 bits per heavy atom. The molecule has 0 spiro atoms. The van der Waals surface area contributed by atoms with Gasteiger partial charge in [-0.2, -0.15) is 0 Å². The van der Waals surface area contributed by atoms with Gasteiger partial charge in [0.1, 0.15) is 0 Å². The fourth-order valence-corrected chi connectivity index (χ4v) is 3.14. The van der Waals surface area contributed by atoms with Crippen molar-refractivity contribution in [3.8, 4) is 0 Å². The maximum absolute atomic E-state index is 11.9. The summed E-state index contributed by atoms with van der Waals surface area (Å²) in [6.45, 7) is 4.72. The van der Waals surface area contributed by atoms with E-state index in [9.17, 15) is 4.79 Å². The third-order valence-corrected chi connectivity index (χ3v) is 4.27. The van der Waals surface area contributed by atoms with Crippen LogP contribution < -0.4 is 10.6 Å². The van der Waals surface area contributed by atoms with E-state index in [1.165, 1.54) is 10.4 Å². The van der Waals surface area contributed by atoms with Crippen LogP contribution in [0.3, 0.4) is 0 Å². The van der Waals surface area contributed by atoms with Crippen LogP contribution in [0.5, 0.6) is 0 Å². The Kier molecular flexibility index (Phi) is 4.57. The van der Waals surface area contributed by atoms with Gasteiger partial charge in [0.25, 0.3) is 0 Å². The lowest BCUT2D eigenvalue weighted by molar-refractivity contribution is -0.125. The first-order valence-electron chi connectivity index (χ1n) is 6.35. The highest BCUT2D eigenvalue weighted by Crippen LogP contribution is 2.17. The number of nitrogens with one attached hydrogen (secondary N) is 2. The van der Waals surface area contributed by atoms with Crippen molar-refractivity contribution in [1.82, 2.24) is 10.6 Å². The van der Waals surface area contributed by atoms with E-state index in [0.29, 0.717) is 6.54 Å². The summed E-state index contributed by atoms with van der Waals surface area (Å²) < 4.78 is 0. The molecule has 0 bridgehead atoms. The van der Waals surface area contributed by atoms with Crippen molar-refractivity contribution in [2.45, 2.75) is 32.7 Å². The maximum Gasteiger partial charge on any atom is 0.224 e. The molecule has 1 atom stereocenters. The highest BCUT2D eigenvalue weighted by atomic mass is 32.1. The van der Waals surface area contributed by atoms with Gasteiger partial charge in [-0.05, 0) is 42.8 Å². The molecule has 1 aromatic rings. The summed E-state index contributed by atoms with van der Waals surface area (Å²) >= 11 is 1.73. The summed E-state index contributed by atoms with van der Waals surface area (Å²) in [6, 6.07) is 2.15. The first kappa shape index (κ1) is 12.6. The third kappa shape index (κ3) is 3.30. The normalized spacial score (nSPS) is 20.2. The molecule has 2 N–H and O–H groups in total. The second-order valence-electron chi connectivity index (χ2n) is 4.48. The second-order valence-corrected chi connectivity index (χ2v) is 5.48. The SMILES string of the molecule is CCc1ccsc1CNC(=O)[C@H]1CCCNC1. The molecule has 0 aromatic carbocycles. The van der Waals surface area contributed by atoms with E-state index in [1.807, 2.05) is 0 Å². The van der Waals surface area contributed by atoms with Crippen LogP contribution in [0.4, 0.5) is 0 Å². The molecule has 2 heterocycles. The van der Waals surface area contributed by atoms with Crippen LogP contribution >= 0.6 is 11.3 Å². The van der Waals surface area contributed by atoms with Gasteiger partial charge in [0, 0.05) is 11.4 Å². The van der Waals surface area contributed by atoms with Crippen molar-refractivity contribution in [2.24, 2.45) is 5.92 Å². The fourth-order valence-electron chi connectivity index (χ4n) is 2.22. The molecule has 94 valence electrons. The topological polar surface area (TPSA) is 41.1 Å². The molecule has 2 rings (SSSR count). The summed E-state index contributed by atoms with van der Waals surface area (Å²) in [5.74, 6) is 0.362. The average Bonchev–Trinajstić information content (AvgIpc) is 2.84. The maximum atomic E-state index is 11.9. The van der Waals surface area contributed by atoms with Crippen LogP contribution in [0.15, 0.2) is 11.4 Å². The van der Waals surface area contributed by atoms with E-state index in [2.05, 4.69) is 29.0 Å². The summed E-state index contributed by atoms with van der Waals surface area (Å²) in [5, 5.41) is 8.43. The Bertz CT molecular complexity index is 369. The Balaban J connectivity index is 1.83. The summed E-state index contributed by atoms with van der Waals surface area (Å²) in [4.78, 5) is 13.2. The molecular weight excluding hydrogens is 232 g/mol. The van der Waals surface area contributed by atoms with Gasteiger partial charge in [0.15, 0.2) is 0 Å². The molecule has 0 aliphatic carbocycles. The standard InChI is InChI=1S/C13H20N2OS/c1-2-10-5-7-17-12(10)9-15-13(16)11-4-3-6-14-8-11/h5,7,11,14H,2-4,6,8-9H2,1H3,(H,15,16)/t11-/m0/s1. The fraction of sp³-hybridized carbons (Fsp3) is 0.615. The summed E-state index contributed by atoms with van der Waals surface area (Å²) in [6.07, 6.45) is 3.17. The van der Waals surface area contributed by atoms with E-state index in [-0.39, 0.29) is 11.8 Å². The van der Waals surface area contributed by atoms with Crippen LogP contribution in [0, 0.1) is 5.92 Å². The van der Waals surface area contributed by atoms with Crippen molar-refractivity contribution >= 4 is 17.2 Å². The molecule has 0 saturated carbocycles. The lowest BCUT2D eigenvalue weighted by atomic mass is 9.99. The Morgan fingerprint density at radius 3 is 3.24 bits per heavy atom. The van der Waals surface area contributed by atoms with Crippen LogP contribution in [0.2, 0.25) is 0 Å².